The Labute approximate surface area is 121 Å². The summed E-state index contributed by atoms with van der Waals surface area (Å²) in [4.78, 5) is 9.51. The number of hydrogen-bond acceptors (Lipinski definition) is 4. The molecule has 0 radical (unpaired) electrons. The monoisotopic (exact) mass is 275 g/mol. The van der Waals surface area contributed by atoms with Gasteiger partial charge in [0.05, 0.1) is 0 Å². The zero-order valence-electron chi connectivity index (χ0n) is 12.6. The van der Waals surface area contributed by atoms with Gasteiger partial charge in [-0.1, -0.05) is 6.92 Å². The topological polar surface area (TPSA) is 47.0 Å². The van der Waals surface area contributed by atoms with Crippen LogP contribution in [-0.4, -0.2) is 23.1 Å². The van der Waals surface area contributed by atoms with Gasteiger partial charge >= 0.3 is 0 Å². The molecule has 1 aliphatic heterocycles. The van der Waals surface area contributed by atoms with Crippen LogP contribution in [-0.2, 0) is 16.8 Å². The summed E-state index contributed by atoms with van der Waals surface area (Å²) >= 11 is 0. The van der Waals surface area contributed by atoms with E-state index in [0.29, 0.717) is 6.04 Å². The van der Waals surface area contributed by atoms with Gasteiger partial charge in [-0.25, -0.2) is 9.97 Å². The Hall–Kier alpha value is -1.00. The lowest BCUT2D eigenvalue weighted by Gasteiger charge is -2.33. The maximum Gasteiger partial charge on any atom is 0.160 e. The molecule has 2 aliphatic rings. The predicted octanol–water partition coefficient (Wildman–Crippen LogP) is 2.88. The summed E-state index contributed by atoms with van der Waals surface area (Å²) in [5.74, 6) is 0.882. The second-order valence-electron chi connectivity index (χ2n) is 6.13. The van der Waals surface area contributed by atoms with E-state index in [2.05, 4.69) is 24.1 Å². The molecule has 0 aromatic carbocycles. The molecule has 4 nitrogen and oxygen atoms in total. The number of aryl methyl sites for hydroxylation is 1. The zero-order valence-corrected chi connectivity index (χ0v) is 12.6. The molecular weight excluding hydrogens is 250 g/mol. The minimum absolute atomic E-state index is 0.279. The lowest BCUT2D eigenvalue weighted by atomic mass is 9.90. The van der Waals surface area contributed by atoms with Crippen molar-refractivity contribution in [1.82, 2.24) is 15.3 Å². The second kappa shape index (κ2) is 5.78. The highest BCUT2D eigenvalue weighted by atomic mass is 16.5. The van der Waals surface area contributed by atoms with Crippen LogP contribution in [0.25, 0.3) is 0 Å². The first-order valence-corrected chi connectivity index (χ1v) is 7.96. The van der Waals surface area contributed by atoms with Crippen molar-refractivity contribution in [3.63, 3.8) is 0 Å². The van der Waals surface area contributed by atoms with Crippen LogP contribution < -0.4 is 5.32 Å². The molecule has 2 unspecified atom stereocenters. The van der Waals surface area contributed by atoms with Gasteiger partial charge in [-0.05, 0) is 52.0 Å². The van der Waals surface area contributed by atoms with Crippen molar-refractivity contribution < 1.29 is 4.74 Å². The molecule has 3 rings (SSSR count). The third kappa shape index (κ3) is 2.59. The molecule has 20 heavy (non-hydrogen) atoms. The summed E-state index contributed by atoms with van der Waals surface area (Å²) < 4.78 is 5.98. The Morgan fingerprint density at radius 3 is 3.05 bits per heavy atom. The highest BCUT2D eigenvalue weighted by molar-refractivity contribution is 5.25. The van der Waals surface area contributed by atoms with Gasteiger partial charge in [0.1, 0.15) is 5.60 Å². The molecule has 1 aromatic heterocycles. The van der Waals surface area contributed by atoms with Gasteiger partial charge in [0, 0.05) is 30.1 Å². The van der Waals surface area contributed by atoms with Gasteiger partial charge in [-0.3, -0.25) is 0 Å². The van der Waals surface area contributed by atoms with E-state index < -0.39 is 0 Å². The Bertz CT molecular complexity index is 469. The summed E-state index contributed by atoms with van der Waals surface area (Å²) in [6.07, 6.45) is 8.90. The highest BCUT2D eigenvalue weighted by Crippen LogP contribution is 2.34. The maximum atomic E-state index is 5.98. The normalized spacial score (nSPS) is 30.0. The highest BCUT2D eigenvalue weighted by Gasteiger charge is 2.34. The summed E-state index contributed by atoms with van der Waals surface area (Å²) in [5, 5.41) is 3.54. The van der Waals surface area contributed by atoms with E-state index in [1.807, 2.05) is 6.20 Å². The fourth-order valence-electron chi connectivity index (χ4n) is 3.37. The van der Waals surface area contributed by atoms with Crippen molar-refractivity contribution in [2.75, 3.05) is 13.2 Å². The molecule has 1 fully saturated rings. The van der Waals surface area contributed by atoms with E-state index in [1.54, 1.807) is 0 Å². The van der Waals surface area contributed by atoms with Crippen LogP contribution in [0, 0.1) is 0 Å². The molecule has 1 aromatic rings. The summed E-state index contributed by atoms with van der Waals surface area (Å²) in [5.41, 5.74) is 2.24. The Balaban J connectivity index is 1.88. The maximum absolute atomic E-state index is 5.98. The smallest absolute Gasteiger partial charge is 0.160 e. The number of aromatic nitrogens is 2. The van der Waals surface area contributed by atoms with Crippen LogP contribution >= 0.6 is 0 Å². The minimum atomic E-state index is -0.279. The number of nitrogens with zero attached hydrogens (tertiary/aromatic N) is 2. The molecule has 110 valence electrons. The van der Waals surface area contributed by atoms with Crippen LogP contribution in [0.4, 0.5) is 0 Å². The summed E-state index contributed by atoms with van der Waals surface area (Å²) in [6, 6.07) is 0.429. The molecule has 0 amide bonds. The van der Waals surface area contributed by atoms with Crippen LogP contribution in [0.5, 0.6) is 0 Å². The van der Waals surface area contributed by atoms with Crippen molar-refractivity contribution >= 4 is 0 Å². The van der Waals surface area contributed by atoms with E-state index in [-0.39, 0.29) is 5.60 Å². The minimum Gasteiger partial charge on any atom is -0.367 e. The van der Waals surface area contributed by atoms with Crippen molar-refractivity contribution in [3.05, 3.63) is 23.3 Å². The molecule has 1 aliphatic carbocycles. The van der Waals surface area contributed by atoms with E-state index >= 15 is 0 Å². The standard InChI is InChI=1S/C16H25N3O/c1-3-17-13-7-6-8-14-12(13)11-18-15(19-14)16(2)9-4-5-10-20-16/h11,13,17H,3-10H2,1-2H3. The average Bonchev–Trinajstić information content (AvgIpc) is 2.48. The van der Waals surface area contributed by atoms with Crippen LogP contribution in [0.15, 0.2) is 6.20 Å². The molecule has 4 heteroatoms. The van der Waals surface area contributed by atoms with E-state index in [0.717, 1.165) is 38.2 Å². The molecular formula is C16H25N3O. The second-order valence-corrected chi connectivity index (χ2v) is 6.13. The van der Waals surface area contributed by atoms with E-state index in [1.165, 1.54) is 30.5 Å². The van der Waals surface area contributed by atoms with E-state index in [4.69, 9.17) is 9.72 Å². The summed E-state index contributed by atoms with van der Waals surface area (Å²) in [6.45, 7) is 6.11. The number of hydrogen-bond donors (Lipinski definition) is 1. The fraction of sp³-hybridized carbons (Fsp3) is 0.750. The number of ether oxygens (including phenoxy) is 1. The van der Waals surface area contributed by atoms with Gasteiger partial charge in [-0.15, -0.1) is 0 Å². The van der Waals surface area contributed by atoms with Crippen LogP contribution in [0.1, 0.15) is 69.1 Å². The van der Waals surface area contributed by atoms with E-state index in [9.17, 15) is 0 Å². The van der Waals surface area contributed by atoms with Gasteiger partial charge < -0.3 is 10.1 Å². The van der Waals surface area contributed by atoms with Gasteiger partial charge in [0.25, 0.3) is 0 Å². The first-order valence-electron chi connectivity index (χ1n) is 7.96. The van der Waals surface area contributed by atoms with Crippen molar-refractivity contribution in [1.29, 1.82) is 0 Å². The molecule has 0 saturated carbocycles. The Morgan fingerprint density at radius 1 is 1.40 bits per heavy atom. The van der Waals surface area contributed by atoms with Gasteiger partial charge in [0.15, 0.2) is 5.82 Å². The molecule has 1 saturated heterocycles. The molecule has 1 N–H and O–H groups in total. The number of rotatable bonds is 3. The molecule has 2 heterocycles. The quantitative estimate of drug-likeness (QED) is 0.921. The van der Waals surface area contributed by atoms with Crippen LogP contribution in [0.2, 0.25) is 0 Å². The van der Waals surface area contributed by atoms with Crippen LogP contribution in [0.3, 0.4) is 0 Å². The molecule has 2 atom stereocenters. The number of fused-ring (bicyclic) bond motifs is 1. The third-order valence-electron chi connectivity index (χ3n) is 4.57. The van der Waals surface area contributed by atoms with Crippen molar-refractivity contribution in [2.45, 2.75) is 64.0 Å². The SMILES string of the molecule is CCNC1CCCc2nc(C3(C)CCCCO3)ncc21. The summed E-state index contributed by atoms with van der Waals surface area (Å²) in [7, 11) is 0. The number of nitrogens with one attached hydrogen (secondary N) is 1. The average molecular weight is 275 g/mol. The van der Waals surface area contributed by atoms with Gasteiger partial charge in [-0.2, -0.15) is 0 Å². The fourth-order valence-corrected chi connectivity index (χ4v) is 3.37. The molecule has 0 bridgehead atoms. The largest absolute Gasteiger partial charge is 0.367 e. The Morgan fingerprint density at radius 2 is 2.30 bits per heavy atom. The van der Waals surface area contributed by atoms with Crippen molar-refractivity contribution in [3.8, 4) is 0 Å². The van der Waals surface area contributed by atoms with Crippen molar-refractivity contribution in [2.24, 2.45) is 0 Å². The predicted molar refractivity (Wildman–Crippen MR) is 78.5 cm³/mol. The van der Waals surface area contributed by atoms with Gasteiger partial charge in [0.2, 0.25) is 0 Å². The third-order valence-corrected chi connectivity index (χ3v) is 4.57. The lowest BCUT2D eigenvalue weighted by molar-refractivity contribution is -0.0762. The molecule has 0 spiro atoms. The first-order chi connectivity index (χ1) is 9.73. The lowest BCUT2D eigenvalue weighted by Crippen LogP contribution is -2.34. The Kier molecular flexibility index (Phi) is 4.03. The zero-order chi connectivity index (χ0) is 14.0. The first kappa shape index (κ1) is 14.0.